The zero-order valence-electron chi connectivity index (χ0n) is 11.6. The topological polar surface area (TPSA) is 96.1 Å². The van der Waals surface area contributed by atoms with E-state index < -0.39 is 5.54 Å². The van der Waals surface area contributed by atoms with Crippen molar-refractivity contribution in [2.45, 2.75) is 19.4 Å². The zero-order valence-corrected chi connectivity index (χ0v) is 11.6. The van der Waals surface area contributed by atoms with Gasteiger partial charge in [0.25, 0.3) is 0 Å². The van der Waals surface area contributed by atoms with E-state index in [1.165, 1.54) is 0 Å². The van der Waals surface area contributed by atoms with Crippen molar-refractivity contribution in [3.63, 3.8) is 0 Å². The number of aryl methyl sites for hydroxylation is 1. The number of hydrogen-bond donors (Lipinski definition) is 4. The van der Waals surface area contributed by atoms with Crippen molar-refractivity contribution in [3.05, 3.63) is 47.7 Å². The summed E-state index contributed by atoms with van der Waals surface area (Å²) >= 11 is 0. The monoisotopic (exact) mass is 273 g/mol. The third-order valence-electron chi connectivity index (χ3n) is 3.22. The number of aromatic nitrogens is 2. The fourth-order valence-electron chi connectivity index (χ4n) is 1.91. The van der Waals surface area contributed by atoms with Crippen LogP contribution in [0, 0.1) is 6.92 Å². The second kappa shape index (κ2) is 5.85. The fourth-order valence-corrected chi connectivity index (χ4v) is 1.91. The maximum Gasteiger partial charge on any atom is 0.239 e. The first-order chi connectivity index (χ1) is 9.59. The van der Waals surface area contributed by atoms with Crippen LogP contribution in [0.15, 0.2) is 36.5 Å². The minimum absolute atomic E-state index is 0.0636. The third-order valence-corrected chi connectivity index (χ3v) is 3.22. The van der Waals surface area contributed by atoms with Gasteiger partial charge in [-0.05, 0) is 19.4 Å². The maximum atomic E-state index is 9.77. The number of aliphatic hydroxyl groups is 1. The van der Waals surface area contributed by atoms with Crippen LogP contribution >= 0.6 is 0 Å². The Kier molecular flexibility index (Phi) is 4.16. The normalized spacial score (nSPS) is 13.6. The molecule has 0 aliphatic rings. The van der Waals surface area contributed by atoms with E-state index >= 15 is 0 Å². The summed E-state index contributed by atoms with van der Waals surface area (Å²) in [5, 5.41) is 13.0. The van der Waals surface area contributed by atoms with Crippen molar-refractivity contribution >= 4 is 11.8 Å². The van der Waals surface area contributed by atoms with Crippen LogP contribution in [0.5, 0.6) is 0 Å². The minimum Gasteiger partial charge on any atom is -0.394 e. The van der Waals surface area contributed by atoms with Crippen molar-refractivity contribution in [1.29, 1.82) is 0 Å². The maximum absolute atomic E-state index is 9.77. The molecule has 0 fully saturated rings. The van der Waals surface area contributed by atoms with Crippen LogP contribution in [0.25, 0.3) is 0 Å². The van der Waals surface area contributed by atoms with E-state index in [-0.39, 0.29) is 6.61 Å². The van der Waals surface area contributed by atoms with Gasteiger partial charge in [0.2, 0.25) is 5.95 Å². The zero-order chi connectivity index (χ0) is 14.6. The van der Waals surface area contributed by atoms with E-state index in [0.717, 1.165) is 11.1 Å². The van der Waals surface area contributed by atoms with E-state index in [1.54, 1.807) is 6.20 Å². The second-order valence-electron chi connectivity index (χ2n) is 4.85. The molecule has 1 unspecified atom stereocenters. The molecular weight excluding hydrogens is 254 g/mol. The highest BCUT2D eigenvalue weighted by molar-refractivity contribution is 5.49. The quantitative estimate of drug-likeness (QED) is 0.485. The lowest BCUT2D eigenvalue weighted by Gasteiger charge is -2.30. The van der Waals surface area contributed by atoms with Gasteiger partial charge in [0.05, 0.1) is 12.1 Å². The van der Waals surface area contributed by atoms with Gasteiger partial charge < -0.3 is 10.4 Å². The molecule has 0 amide bonds. The lowest BCUT2D eigenvalue weighted by atomic mass is 9.93. The molecule has 0 bridgehead atoms. The summed E-state index contributed by atoms with van der Waals surface area (Å²) in [4.78, 5) is 8.32. The molecule has 0 saturated carbocycles. The molecule has 2 aromatic rings. The number of rotatable bonds is 5. The predicted molar refractivity (Wildman–Crippen MR) is 79.1 cm³/mol. The van der Waals surface area contributed by atoms with E-state index in [1.807, 2.05) is 44.2 Å². The van der Waals surface area contributed by atoms with Crippen LogP contribution in [0.1, 0.15) is 18.1 Å². The van der Waals surface area contributed by atoms with Gasteiger partial charge in [-0.15, -0.1) is 0 Å². The summed E-state index contributed by atoms with van der Waals surface area (Å²) in [6.45, 7) is 3.75. The number of anilines is 2. The molecule has 0 aliphatic heterocycles. The summed E-state index contributed by atoms with van der Waals surface area (Å²) in [7, 11) is 0. The van der Waals surface area contributed by atoms with Gasteiger partial charge in [0, 0.05) is 11.8 Å². The average Bonchev–Trinajstić information content (AvgIpc) is 2.50. The minimum atomic E-state index is -0.633. The Bertz CT molecular complexity index is 575. The molecule has 1 aromatic carbocycles. The summed E-state index contributed by atoms with van der Waals surface area (Å²) in [5.41, 5.74) is 3.63. The molecule has 5 N–H and O–H groups in total. The van der Waals surface area contributed by atoms with E-state index in [2.05, 4.69) is 20.7 Å². The molecule has 1 atom stereocenters. The predicted octanol–water partition coefficient (Wildman–Crippen LogP) is 1.39. The Morgan fingerprint density at radius 1 is 1.30 bits per heavy atom. The average molecular weight is 273 g/mol. The van der Waals surface area contributed by atoms with Gasteiger partial charge in [0.1, 0.15) is 5.82 Å². The van der Waals surface area contributed by atoms with Crippen LogP contribution in [0.4, 0.5) is 11.8 Å². The lowest BCUT2D eigenvalue weighted by molar-refractivity contribution is 0.223. The first-order valence-corrected chi connectivity index (χ1v) is 6.34. The first-order valence-electron chi connectivity index (χ1n) is 6.34. The second-order valence-corrected chi connectivity index (χ2v) is 4.85. The van der Waals surface area contributed by atoms with Crippen LogP contribution in [0.3, 0.4) is 0 Å². The molecule has 106 valence electrons. The van der Waals surface area contributed by atoms with Crippen molar-refractivity contribution in [2.24, 2.45) is 5.84 Å². The Morgan fingerprint density at radius 3 is 2.60 bits per heavy atom. The van der Waals surface area contributed by atoms with Gasteiger partial charge in [-0.3, -0.25) is 5.43 Å². The number of nitrogen functional groups attached to an aromatic ring is 1. The summed E-state index contributed by atoms with van der Waals surface area (Å²) in [5.74, 6) is 6.28. The highest BCUT2D eigenvalue weighted by Gasteiger charge is 2.26. The molecule has 1 aromatic heterocycles. The smallest absolute Gasteiger partial charge is 0.239 e. The highest BCUT2D eigenvalue weighted by atomic mass is 16.3. The molecule has 6 heteroatoms. The fraction of sp³-hybridized carbons (Fsp3) is 0.286. The number of nitrogens with zero attached hydrogens (tertiary/aromatic N) is 2. The lowest BCUT2D eigenvalue weighted by Crippen LogP contribution is -2.36. The van der Waals surface area contributed by atoms with Crippen LogP contribution in [-0.4, -0.2) is 21.7 Å². The van der Waals surface area contributed by atoms with E-state index in [9.17, 15) is 5.11 Å². The largest absolute Gasteiger partial charge is 0.394 e. The van der Waals surface area contributed by atoms with Crippen LogP contribution < -0.4 is 16.6 Å². The molecule has 0 spiro atoms. The summed E-state index contributed by atoms with van der Waals surface area (Å²) in [6, 6.07) is 9.73. The molecule has 2 rings (SSSR count). The van der Waals surface area contributed by atoms with Gasteiger partial charge in [-0.25, -0.2) is 10.8 Å². The van der Waals surface area contributed by atoms with Crippen LogP contribution in [0.2, 0.25) is 0 Å². The Hall–Kier alpha value is -2.18. The van der Waals surface area contributed by atoms with Gasteiger partial charge >= 0.3 is 0 Å². The van der Waals surface area contributed by atoms with Crippen molar-refractivity contribution in [3.8, 4) is 0 Å². The molecule has 20 heavy (non-hydrogen) atoms. The van der Waals surface area contributed by atoms with Gasteiger partial charge in [-0.2, -0.15) is 4.98 Å². The molecule has 6 nitrogen and oxygen atoms in total. The van der Waals surface area contributed by atoms with E-state index in [0.29, 0.717) is 11.8 Å². The number of benzene rings is 1. The Labute approximate surface area is 118 Å². The van der Waals surface area contributed by atoms with Crippen LogP contribution in [-0.2, 0) is 5.54 Å². The molecule has 1 heterocycles. The summed E-state index contributed by atoms with van der Waals surface area (Å²) in [6.07, 6.45) is 1.67. The molecule has 0 saturated heterocycles. The third kappa shape index (κ3) is 2.87. The Balaban J connectivity index is 2.35. The summed E-state index contributed by atoms with van der Waals surface area (Å²) < 4.78 is 0. The molecule has 0 aliphatic carbocycles. The van der Waals surface area contributed by atoms with Crippen molar-refractivity contribution in [1.82, 2.24) is 9.97 Å². The standard InChI is InChI=1S/C14H19N5O/c1-10-8-16-13(19-15)17-12(10)18-14(2,9-20)11-6-4-3-5-7-11/h3-8,20H,9,15H2,1-2H3,(H2,16,17,18,19). The number of aliphatic hydroxyl groups excluding tert-OH is 1. The van der Waals surface area contributed by atoms with Crippen molar-refractivity contribution in [2.75, 3.05) is 17.3 Å². The number of nitrogens with two attached hydrogens (primary N) is 1. The van der Waals surface area contributed by atoms with E-state index in [4.69, 9.17) is 5.84 Å². The highest BCUT2D eigenvalue weighted by Crippen LogP contribution is 2.26. The number of hydrazine groups is 1. The van der Waals surface area contributed by atoms with Gasteiger partial charge in [-0.1, -0.05) is 30.3 Å². The SMILES string of the molecule is Cc1cnc(NN)nc1NC(C)(CO)c1ccccc1. The number of hydrogen-bond acceptors (Lipinski definition) is 6. The van der Waals surface area contributed by atoms with Crippen molar-refractivity contribution < 1.29 is 5.11 Å². The Morgan fingerprint density at radius 2 is 2.00 bits per heavy atom. The van der Waals surface area contributed by atoms with Gasteiger partial charge in [0.15, 0.2) is 0 Å². The molecular formula is C14H19N5O. The number of nitrogens with one attached hydrogen (secondary N) is 2. The molecule has 0 radical (unpaired) electrons. The first kappa shape index (κ1) is 14.2.